The van der Waals surface area contributed by atoms with Gasteiger partial charge in [-0.25, -0.2) is 8.78 Å². The Kier molecular flexibility index (Phi) is 2.23. The highest BCUT2D eigenvalue weighted by atomic mass is 19.2. The molecule has 0 aliphatic heterocycles. The Balaban J connectivity index is 2.58. The predicted octanol–water partition coefficient (Wildman–Crippen LogP) is 2.83. The number of pyridine rings is 1. The van der Waals surface area contributed by atoms with E-state index in [1.807, 2.05) is 0 Å². The maximum atomic E-state index is 13.3. The summed E-state index contributed by atoms with van der Waals surface area (Å²) < 4.78 is 26.1. The van der Waals surface area contributed by atoms with Gasteiger partial charge in [0, 0.05) is 11.8 Å². The molecule has 1 aromatic carbocycles. The van der Waals surface area contributed by atoms with Crippen LogP contribution in [0.1, 0.15) is 0 Å². The Labute approximate surface area is 80.0 Å². The average molecular weight is 190 g/mol. The average Bonchev–Trinajstić information content (AvgIpc) is 2.23. The Morgan fingerprint density at radius 3 is 2.79 bits per heavy atom. The van der Waals surface area contributed by atoms with E-state index in [1.165, 1.54) is 24.4 Å². The molecule has 0 fully saturated rings. The van der Waals surface area contributed by atoms with E-state index in [-0.39, 0.29) is 5.56 Å². The number of hydrogen-bond acceptors (Lipinski definition) is 1. The van der Waals surface area contributed by atoms with Crippen LogP contribution in [0.25, 0.3) is 11.3 Å². The lowest BCUT2D eigenvalue weighted by molar-refractivity contribution is 0.511. The van der Waals surface area contributed by atoms with Gasteiger partial charge in [-0.05, 0) is 30.3 Å². The fourth-order valence-corrected chi connectivity index (χ4v) is 1.17. The Bertz CT molecular complexity index is 440. The fraction of sp³-hybridized carbons (Fsp3) is 0. The molecular weight excluding hydrogens is 184 g/mol. The van der Waals surface area contributed by atoms with E-state index in [0.717, 1.165) is 6.07 Å². The van der Waals surface area contributed by atoms with Gasteiger partial charge in [-0.2, -0.15) is 0 Å². The molecule has 0 amide bonds. The molecule has 3 heteroatoms. The van der Waals surface area contributed by atoms with E-state index in [4.69, 9.17) is 0 Å². The summed E-state index contributed by atoms with van der Waals surface area (Å²) >= 11 is 0. The number of nitrogens with zero attached hydrogens (tertiary/aromatic N) is 1. The molecule has 0 aliphatic rings. The summed E-state index contributed by atoms with van der Waals surface area (Å²) in [7, 11) is 0. The minimum absolute atomic E-state index is 0.154. The van der Waals surface area contributed by atoms with Crippen LogP contribution < -0.4 is 0 Å². The zero-order valence-corrected chi connectivity index (χ0v) is 7.17. The monoisotopic (exact) mass is 190 g/mol. The van der Waals surface area contributed by atoms with Gasteiger partial charge < -0.3 is 0 Å². The van der Waals surface area contributed by atoms with Crippen LogP contribution >= 0.6 is 0 Å². The minimum Gasteiger partial charge on any atom is -0.256 e. The molecule has 0 N–H and O–H groups in total. The van der Waals surface area contributed by atoms with E-state index >= 15 is 0 Å². The highest BCUT2D eigenvalue weighted by Crippen LogP contribution is 2.21. The molecule has 1 heterocycles. The Morgan fingerprint density at radius 2 is 2.07 bits per heavy atom. The maximum Gasteiger partial charge on any atom is 0.168 e. The lowest BCUT2D eigenvalue weighted by Crippen LogP contribution is -1.90. The van der Waals surface area contributed by atoms with Crippen molar-refractivity contribution in [2.24, 2.45) is 0 Å². The summed E-state index contributed by atoms with van der Waals surface area (Å²) in [5, 5.41) is 0. The summed E-state index contributed by atoms with van der Waals surface area (Å²) in [6.07, 6.45) is 1.49. The van der Waals surface area contributed by atoms with Gasteiger partial charge >= 0.3 is 0 Å². The maximum absolute atomic E-state index is 13.3. The van der Waals surface area contributed by atoms with E-state index in [0.29, 0.717) is 5.69 Å². The van der Waals surface area contributed by atoms with E-state index in [1.54, 1.807) is 6.07 Å². The quantitative estimate of drug-likeness (QED) is 0.673. The molecule has 0 bridgehead atoms. The second-order valence-corrected chi connectivity index (χ2v) is 2.74. The van der Waals surface area contributed by atoms with Crippen LogP contribution in [0.5, 0.6) is 0 Å². The molecule has 1 nitrogen and oxygen atoms in total. The summed E-state index contributed by atoms with van der Waals surface area (Å²) in [6, 6.07) is 9.87. The molecule has 0 unspecified atom stereocenters. The molecule has 2 aromatic rings. The zero-order chi connectivity index (χ0) is 9.97. The van der Waals surface area contributed by atoms with Crippen molar-refractivity contribution >= 4 is 0 Å². The Morgan fingerprint density at radius 1 is 1.21 bits per heavy atom. The van der Waals surface area contributed by atoms with Crippen LogP contribution in [-0.4, -0.2) is 4.98 Å². The molecule has 0 aliphatic carbocycles. The van der Waals surface area contributed by atoms with Gasteiger partial charge in [0.1, 0.15) is 0 Å². The molecule has 0 spiro atoms. The van der Waals surface area contributed by atoms with Crippen molar-refractivity contribution in [2.45, 2.75) is 0 Å². The molecule has 0 saturated heterocycles. The van der Waals surface area contributed by atoms with Crippen LogP contribution in [0.15, 0.2) is 36.5 Å². The molecule has 0 saturated carbocycles. The first-order valence-electron chi connectivity index (χ1n) is 4.05. The van der Waals surface area contributed by atoms with Crippen LogP contribution in [0.3, 0.4) is 0 Å². The summed E-state index contributed by atoms with van der Waals surface area (Å²) in [5.74, 6) is -1.74. The van der Waals surface area contributed by atoms with Gasteiger partial charge in [-0.1, -0.05) is 6.07 Å². The molecular formula is C11H6F2N. The lowest BCUT2D eigenvalue weighted by atomic mass is 10.1. The SMILES string of the molecule is Fc1cccc(-c2c[c]ccn2)c1F. The van der Waals surface area contributed by atoms with E-state index < -0.39 is 11.6 Å². The first kappa shape index (κ1) is 8.81. The molecule has 69 valence electrons. The largest absolute Gasteiger partial charge is 0.256 e. The summed E-state index contributed by atoms with van der Waals surface area (Å²) in [5.41, 5.74) is 0.534. The first-order chi connectivity index (χ1) is 6.79. The molecule has 0 atom stereocenters. The number of hydrogen-bond donors (Lipinski definition) is 0. The van der Waals surface area contributed by atoms with Gasteiger partial charge in [0.25, 0.3) is 0 Å². The lowest BCUT2D eigenvalue weighted by Gasteiger charge is -2.01. The van der Waals surface area contributed by atoms with Crippen LogP contribution in [0.4, 0.5) is 8.78 Å². The fourth-order valence-electron chi connectivity index (χ4n) is 1.17. The van der Waals surface area contributed by atoms with E-state index in [2.05, 4.69) is 11.1 Å². The predicted molar refractivity (Wildman–Crippen MR) is 48.4 cm³/mol. The second-order valence-electron chi connectivity index (χ2n) is 2.74. The normalized spacial score (nSPS) is 10.1. The van der Waals surface area contributed by atoms with Gasteiger partial charge in [0.2, 0.25) is 0 Å². The standard InChI is InChI=1S/C11H6F2N/c12-9-5-3-4-8(11(9)13)10-6-1-2-7-14-10/h2-7H. The molecule has 1 radical (unpaired) electrons. The minimum atomic E-state index is -0.875. The third-order valence-corrected chi connectivity index (χ3v) is 1.83. The van der Waals surface area contributed by atoms with Crippen molar-refractivity contribution in [1.82, 2.24) is 4.98 Å². The third-order valence-electron chi connectivity index (χ3n) is 1.83. The van der Waals surface area contributed by atoms with Gasteiger partial charge in [-0.15, -0.1) is 0 Å². The van der Waals surface area contributed by atoms with Crippen molar-refractivity contribution in [2.75, 3.05) is 0 Å². The van der Waals surface area contributed by atoms with Crippen molar-refractivity contribution in [1.29, 1.82) is 0 Å². The number of halogens is 2. The molecule has 14 heavy (non-hydrogen) atoms. The van der Waals surface area contributed by atoms with Crippen LogP contribution in [0.2, 0.25) is 0 Å². The van der Waals surface area contributed by atoms with E-state index in [9.17, 15) is 8.78 Å². The third kappa shape index (κ3) is 1.48. The highest BCUT2D eigenvalue weighted by molar-refractivity contribution is 5.59. The van der Waals surface area contributed by atoms with Gasteiger partial charge in [-0.3, -0.25) is 4.98 Å². The highest BCUT2D eigenvalue weighted by Gasteiger charge is 2.09. The molecule has 2 rings (SSSR count). The number of benzene rings is 1. The van der Waals surface area contributed by atoms with Crippen molar-refractivity contribution < 1.29 is 8.78 Å². The second kappa shape index (κ2) is 3.54. The summed E-state index contributed by atoms with van der Waals surface area (Å²) in [6.45, 7) is 0. The topological polar surface area (TPSA) is 12.9 Å². The first-order valence-corrected chi connectivity index (χ1v) is 4.05. The van der Waals surface area contributed by atoms with Crippen molar-refractivity contribution in [3.63, 3.8) is 0 Å². The summed E-state index contributed by atoms with van der Waals surface area (Å²) in [4.78, 5) is 3.91. The van der Waals surface area contributed by atoms with Crippen LogP contribution in [0, 0.1) is 17.7 Å². The van der Waals surface area contributed by atoms with Crippen LogP contribution in [-0.2, 0) is 0 Å². The Hall–Kier alpha value is -1.77. The number of rotatable bonds is 1. The smallest absolute Gasteiger partial charge is 0.168 e. The zero-order valence-electron chi connectivity index (χ0n) is 7.17. The number of aromatic nitrogens is 1. The van der Waals surface area contributed by atoms with Gasteiger partial charge in [0.15, 0.2) is 11.6 Å². The molecule has 1 aromatic heterocycles. The van der Waals surface area contributed by atoms with Crippen molar-refractivity contribution in [3.8, 4) is 11.3 Å². The van der Waals surface area contributed by atoms with Gasteiger partial charge in [0.05, 0.1) is 5.69 Å². The van der Waals surface area contributed by atoms with Crippen molar-refractivity contribution in [3.05, 3.63) is 54.2 Å².